The predicted octanol–water partition coefficient (Wildman–Crippen LogP) is 2.46. The largest absolute Gasteiger partial charge is 0.508 e. The normalized spacial score (nSPS) is 10.2. The van der Waals surface area contributed by atoms with Crippen molar-refractivity contribution < 1.29 is 14.9 Å². The molecule has 0 aliphatic carbocycles. The smallest absolute Gasteiger partial charge is 0.125 e. The lowest BCUT2D eigenvalue weighted by Gasteiger charge is -2.09. The van der Waals surface area contributed by atoms with Gasteiger partial charge in [0.1, 0.15) is 18.1 Å². The number of benzene rings is 2. The highest BCUT2D eigenvalue weighted by Crippen LogP contribution is 2.20. The Morgan fingerprint density at radius 3 is 2.59 bits per heavy atom. The SMILES string of the molecule is OCc1ccccc1OCc1cccc(O)c1. The number of aliphatic hydroxyl groups is 1. The maximum Gasteiger partial charge on any atom is 0.125 e. The van der Waals surface area contributed by atoms with Gasteiger partial charge in [-0.1, -0.05) is 30.3 Å². The molecule has 0 aliphatic heterocycles. The van der Waals surface area contributed by atoms with Crippen molar-refractivity contribution in [3.63, 3.8) is 0 Å². The summed E-state index contributed by atoms with van der Waals surface area (Å²) in [6.07, 6.45) is 0. The Morgan fingerprint density at radius 2 is 1.82 bits per heavy atom. The Kier molecular flexibility index (Phi) is 3.62. The first-order valence-corrected chi connectivity index (χ1v) is 5.39. The van der Waals surface area contributed by atoms with Crippen LogP contribution in [0.2, 0.25) is 0 Å². The molecule has 0 saturated heterocycles. The number of para-hydroxylation sites is 1. The van der Waals surface area contributed by atoms with Crippen LogP contribution in [0.5, 0.6) is 11.5 Å². The van der Waals surface area contributed by atoms with Gasteiger partial charge in [0, 0.05) is 5.56 Å². The summed E-state index contributed by atoms with van der Waals surface area (Å²) in [6.45, 7) is 0.321. The minimum Gasteiger partial charge on any atom is -0.508 e. The fraction of sp³-hybridized carbons (Fsp3) is 0.143. The van der Waals surface area contributed by atoms with Gasteiger partial charge in [-0.15, -0.1) is 0 Å². The Bertz CT molecular complexity index is 494. The molecular formula is C14H14O3. The third-order valence-electron chi connectivity index (χ3n) is 2.45. The van der Waals surface area contributed by atoms with Gasteiger partial charge in [0.25, 0.3) is 0 Å². The first-order chi connectivity index (χ1) is 8.29. The van der Waals surface area contributed by atoms with Crippen LogP contribution in [0.25, 0.3) is 0 Å². The second-order valence-corrected chi connectivity index (χ2v) is 3.72. The number of hydrogen-bond donors (Lipinski definition) is 2. The van der Waals surface area contributed by atoms with Crippen LogP contribution in [-0.2, 0) is 13.2 Å². The van der Waals surface area contributed by atoms with E-state index in [0.717, 1.165) is 11.1 Å². The maximum atomic E-state index is 9.32. The third-order valence-corrected chi connectivity index (χ3v) is 2.45. The molecule has 2 aromatic rings. The van der Waals surface area contributed by atoms with E-state index in [9.17, 15) is 5.11 Å². The minimum atomic E-state index is -0.0454. The van der Waals surface area contributed by atoms with E-state index in [-0.39, 0.29) is 12.4 Å². The summed E-state index contributed by atoms with van der Waals surface area (Å²) < 4.78 is 5.60. The summed E-state index contributed by atoms with van der Waals surface area (Å²) >= 11 is 0. The number of hydrogen-bond acceptors (Lipinski definition) is 3. The molecule has 2 N–H and O–H groups in total. The molecule has 17 heavy (non-hydrogen) atoms. The Balaban J connectivity index is 2.07. The van der Waals surface area contributed by atoms with E-state index in [2.05, 4.69) is 0 Å². The minimum absolute atomic E-state index is 0.0454. The molecule has 2 aromatic carbocycles. The van der Waals surface area contributed by atoms with Crippen molar-refractivity contribution >= 4 is 0 Å². The summed E-state index contributed by atoms with van der Waals surface area (Å²) in [7, 11) is 0. The monoisotopic (exact) mass is 230 g/mol. The van der Waals surface area contributed by atoms with Gasteiger partial charge >= 0.3 is 0 Å². The molecule has 0 bridgehead atoms. The molecule has 0 radical (unpaired) electrons. The summed E-state index contributed by atoms with van der Waals surface area (Å²) in [6, 6.07) is 14.3. The second-order valence-electron chi connectivity index (χ2n) is 3.72. The van der Waals surface area contributed by atoms with E-state index in [1.807, 2.05) is 30.3 Å². The second kappa shape index (κ2) is 5.37. The molecule has 0 heterocycles. The number of phenolic OH excluding ortho intramolecular Hbond substituents is 1. The van der Waals surface area contributed by atoms with Crippen molar-refractivity contribution in [3.05, 3.63) is 59.7 Å². The van der Waals surface area contributed by atoms with E-state index in [1.165, 1.54) is 0 Å². The van der Waals surface area contributed by atoms with Gasteiger partial charge in [0.2, 0.25) is 0 Å². The third kappa shape index (κ3) is 2.98. The summed E-state index contributed by atoms with van der Waals surface area (Å²) in [5.41, 5.74) is 1.64. The fourth-order valence-corrected chi connectivity index (χ4v) is 1.58. The van der Waals surface area contributed by atoms with Crippen LogP contribution < -0.4 is 4.74 Å². The Hall–Kier alpha value is -2.00. The lowest BCUT2D eigenvalue weighted by atomic mass is 10.2. The van der Waals surface area contributed by atoms with Gasteiger partial charge in [-0.3, -0.25) is 0 Å². The van der Waals surface area contributed by atoms with E-state index in [0.29, 0.717) is 12.4 Å². The summed E-state index contributed by atoms with van der Waals surface area (Å²) in [5.74, 6) is 0.889. The molecule has 3 nitrogen and oxygen atoms in total. The summed E-state index contributed by atoms with van der Waals surface area (Å²) in [5, 5.41) is 18.5. The van der Waals surface area contributed by atoms with Crippen molar-refractivity contribution in [3.8, 4) is 11.5 Å². The highest BCUT2D eigenvalue weighted by molar-refractivity contribution is 5.33. The quantitative estimate of drug-likeness (QED) is 0.848. The van der Waals surface area contributed by atoms with Gasteiger partial charge in [-0.25, -0.2) is 0 Å². The first kappa shape index (κ1) is 11.5. The molecule has 0 fully saturated rings. The molecule has 0 aromatic heterocycles. The number of phenols is 1. The number of ether oxygens (including phenoxy) is 1. The molecule has 3 heteroatoms. The molecule has 0 aliphatic rings. The molecule has 0 atom stereocenters. The predicted molar refractivity (Wildman–Crippen MR) is 64.8 cm³/mol. The highest BCUT2D eigenvalue weighted by Gasteiger charge is 2.02. The van der Waals surface area contributed by atoms with Crippen LogP contribution >= 0.6 is 0 Å². The first-order valence-electron chi connectivity index (χ1n) is 5.39. The van der Waals surface area contributed by atoms with Gasteiger partial charge in [0.15, 0.2) is 0 Å². The highest BCUT2D eigenvalue weighted by atomic mass is 16.5. The summed E-state index contributed by atoms with van der Waals surface area (Å²) in [4.78, 5) is 0. The zero-order valence-corrected chi connectivity index (χ0v) is 9.34. The van der Waals surface area contributed by atoms with Crippen molar-refractivity contribution in [1.82, 2.24) is 0 Å². The van der Waals surface area contributed by atoms with Crippen LogP contribution in [0, 0.1) is 0 Å². The number of rotatable bonds is 4. The van der Waals surface area contributed by atoms with Crippen molar-refractivity contribution in [2.45, 2.75) is 13.2 Å². The van der Waals surface area contributed by atoms with E-state index in [4.69, 9.17) is 9.84 Å². The Morgan fingerprint density at radius 1 is 1.00 bits per heavy atom. The van der Waals surface area contributed by atoms with Crippen molar-refractivity contribution in [2.24, 2.45) is 0 Å². The zero-order chi connectivity index (χ0) is 12.1. The van der Waals surface area contributed by atoms with Crippen molar-refractivity contribution in [1.29, 1.82) is 0 Å². The average Bonchev–Trinajstić information content (AvgIpc) is 2.37. The number of aromatic hydroxyl groups is 1. The molecule has 0 saturated carbocycles. The number of aliphatic hydroxyl groups excluding tert-OH is 1. The van der Waals surface area contributed by atoms with Crippen LogP contribution in [-0.4, -0.2) is 10.2 Å². The topological polar surface area (TPSA) is 49.7 Å². The molecule has 0 unspecified atom stereocenters. The fourth-order valence-electron chi connectivity index (χ4n) is 1.58. The molecule has 0 amide bonds. The standard InChI is InChI=1S/C14H14O3/c15-9-12-5-1-2-7-14(12)17-10-11-4-3-6-13(16)8-11/h1-8,15-16H,9-10H2. The average molecular weight is 230 g/mol. The lowest BCUT2D eigenvalue weighted by molar-refractivity contribution is 0.259. The lowest BCUT2D eigenvalue weighted by Crippen LogP contribution is -1.98. The van der Waals surface area contributed by atoms with E-state index in [1.54, 1.807) is 18.2 Å². The van der Waals surface area contributed by atoms with Crippen LogP contribution in [0.15, 0.2) is 48.5 Å². The van der Waals surface area contributed by atoms with Crippen LogP contribution in [0.1, 0.15) is 11.1 Å². The van der Waals surface area contributed by atoms with Gasteiger partial charge < -0.3 is 14.9 Å². The van der Waals surface area contributed by atoms with Crippen LogP contribution in [0.4, 0.5) is 0 Å². The van der Waals surface area contributed by atoms with Gasteiger partial charge in [-0.2, -0.15) is 0 Å². The van der Waals surface area contributed by atoms with E-state index < -0.39 is 0 Å². The van der Waals surface area contributed by atoms with Gasteiger partial charge in [0.05, 0.1) is 6.61 Å². The van der Waals surface area contributed by atoms with Gasteiger partial charge in [-0.05, 0) is 23.8 Å². The molecule has 2 rings (SSSR count). The maximum absolute atomic E-state index is 9.32. The molecular weight excluding hydrogens is 216 g/mol. The molecule has 0 spiro atoms. The van der Waals surface area contributed by atoms with E-state index >= 15 is 0 Å². The zero-order valence-electron chi connectivity index (χ0n) is 9.34. The van der Waals surface area contributed by atoms with Crippen LogP contribution in [0.3, 0.4) is 0 Å². The van der Waals surface area contributed by atoms with Crippen molar-refractivity contribution in [2.75, 3.05) is 0 Å². The Labute approximate surface area is 99.9 Å². The molecule has 88 valence electrons.